The molecule has 0 heterocycles. The average molecular weight is 245 g/mol. The van der Waals surface area contributed by atoms with Crippen LogP contribution in [0.1, 0.15) is 11.7 Å². The molecular weight excluding hydrogens is 230 g/mol. The first kappa shape index (κ1) is 13.1. The van der Waals surface area contributed by atoms with Gasteiger partial charge in [0, 0.05) is 6.26 Å². The smallest absolute Gasteiger partial charge is 0.175 e. The molecule has 1 aromatic carbocycles. The third-order valence-corrected chi connectivity index (χ3v) is 3.47. The fourth-order valence-electron chi connectivity index (χ4n) is 1.31. The molecule has 3 atom stereocenters. The van der Waals surface area contributed by atoms with Crippen LogP contribution in [0.4, 0.5) is 0 Å². The van der Waals surface area contributed by atoms with E-state index in [0.29, 0.717) is 5.56 Å². The van der Waals surface area contributed by atoms with Crippen molar-refractivity contribution < 1.29 is 18.6 Å². The van der Waals surface area contributed by atoms with E-state index >= 15 is 0 Å². The maximum absolute atomic E-state index is 11.1. The normalized spacial score (nSPS) is 17.8. The van der Waals surface area contributed by atoms with Crippen molar-refractivity contribution in [3.8, 4) is 0 Å². The van der Waals surface area contributed by atoms with E-state index in [0.717, 1.165) is 6.26 Å². The molecule has 0 spiro atoms. The maximum atomic E-state index is 11.1. The van der Waals surface area contributed by atoms with Crippen molar-refractivity contribution in [2.24, 2.45) is 5.73 Å². The third-order valence-electron chi connectivity index (χ3n) is 2.27. The molecule has 0 bridgehead atoms. The van der Waals surface area contributed by atoms with Crippen molar-refractivity contribution in [3.05, 3.63) is 35.9 Å². The van der Waals surface area contributed by atoms with Crippen LogP contribution in [-0.4, -0.2) is 36.4 Å². The second kappa shape index (κ2) is 4.92. The van der Waals surface area contributed by atoms with Gasteiger partial charge < -0.3 is 15.9 Å². The summed E-state index contributed by atoms with van der Waals surface area (Å²) in [7, 11) is -3.68. The van der Waals surface area contributed by atoms with E-state index in [1.165, 1.54) is 0 Å². The summed E-state index contributed by atoms with van der Waals surface area (Å²) in [4.78, 5) is 0. The van der Waals surface area contributed by atoms with Gasteiger partial charge in [-0.15, -0.1) is 0 Å². The first-order valence-electron chi connectivity index (χ1n) is 4.69. The predicted molar refractivity (Wildman–Crippen MR) is 60.2 cm³/mol. The van der Waals surface area contributed by atoms with Gasteiger partial charge in [0.05, 0.1) is 12.1 Å². The third kappa shape index (κ3) is 3.02. The van der Waals surface area contributed by atoms with E-state index in [4.69, 9.17) is 5.73 Å². The van der Waals surface area contributed by atoms with Crippen LogP contribution in [0, 0.1) is 0 Å². The summed E-state index contributed by atoms with van der Waals surface area (Å²) in [5.41, 5.74) is 4.19. The number of aliphatic hydroxyl groups excluding tert-OH is 2. The van der Waals surface area contributed by atoms with Gasteiger partial charge in [0.1, 0.15) is 0 Å². The van der Waals surface area contributed by atoms with E-state index in [-0.39, 0.29) is 0 Å². The number of benzene rings is 1. The minimum Gasteiger partial charge on any atom is -0.387 e. The van der Waals surface area contributed by atoms with Gasteiger partial charge in [-0.3, -0.25) is 0 Å². The summed E-state index contributed by atoms with van der Waals surface area (Å²) in [6, 6.07) is 7.10. The minimum absolute atomic E-state index is 0.470. The summed E-state index contributed by atoms with van der Waals surface area (Å²) in [5, 5.41) is 19.2. The zero-order chi connectivity index (χ0) is 12.3. The lowest BCUT2D eigenvalue weighted by molar-refractivity contribution is 0.0916. The van der Waals surface area contributed by atoms with Gasteiger partial charge in [0.2, 0.25) is 0 Å². The van der Waals surface area contributed by atoms with Gasteiger partial charge in [0.25, 0.3) is 0 Å². The molecule has 3 unspecified atom stereocenters. The van der Waals surface area contributed by atoms with Gasteiger partial charge in [-0.25, -0.2) is 8.42 Å². The van der Waals surface area contributed by atoms with Crippen LogP contribution in [0.15, 0.2) is 30.3 Å². The molecule has 0 amide bonds. The van der Waals surface area contributed by atoms with E-state index < -0.39 is 27.4 Å². The Morgan fingerprint density at radius 2 is 1.69 bits per heavy atom. The summed E-state index contributed by atoms with van der Waals surface area (Å²) in [5.74, 6) is 0. The number of aliphatic hydroxyl groups is 2. The lowest BCUT2D eigenvalue weighted by atomic mass is 10.0. The van der Waals surface area contributed by atoms with Gasteiger partial charge in [-0.1, -0.05) is 30.3 Å². The maximum Gasteiger partial charge on any atom is 0.175 e. The van der Waals surface area contributed by atoms with E-state index in [2.05, 4.69) is 0 Å². The Morgan fingerprint density at radius 1 is 1.19 bits per heavy atom. The first-order valence-corrected chi connectivity index (χ1v) is 6.65. The molecule has 0 fully saturated rings. The number of hydrogen-bond donors (Lipinski definition) is 3. The molecule has 0 aliphatic heterocycles. The zero-order valence-electron chi connectivity index (χ0n) is 8.82. The molecule has 0 saturated heterocycles. The van der Waals surface area contributed by atoms with Crippen LogP contribution in [0.2, 0.25) is 0 Å². The zero-order valence-corrected chi connectivity index (χ0v) is 9.63. The number of nitrogens with two attached hydrogens (primary N) is 1. The van der Waals surface area contributed by atoms with Crippen molar-refractivity contribution >= 4 is 9.84 Å². The van der Waals surface area contributed by atoms with Crippen molar-refractivity contribution in [2.75, 3.05) is 6.26 Å². The van der Waals surface area contributed by atoms with E-state index in [1.54, 1.807) is 30.3 Å². The SMILES string of the molecule is CS(=O)(=O)C(O)C(N)C(O)c1ccccc1. The molecule has 5 nitrogen and oxygen atoms in total. The number of rotatable bonds is 4. The molecule has 0 aliphatic rings. The van der Waals surface area contributed by atoms with Crippen LogP contribution in [-0.2, 0) is 9.84 Å². The summed E-state index contributed by atoms with van der Waals surface area (Å²) in [6.45, 7) is 0. The van der Waals surface area contributed by atoms with Gasteiger partial charge >= 0.3 is 0 Å². The molecular formula is C10H15NO4S. The van der Waals surface area contributed by atoms with Crippen LogP contribution < -0.4 is 5.73 Å². The Morgan fingerprint density at radius 3 is 2.12 bits per heavy atom. The molecule has 0 radical (unpaired) electrons. The van der Waals surface area contributed by atoms with E-state index in [9.17, 15) is 18.6 Å². The number of hydrogen-bond acceptors (Lipinski definition) is 5. The highest BCUT2D eigenvalue weighted by molar-refractivity contribution is 7.91. The summed E-state index contributed by atoms with van der Waals surface area (Å²) < 4.78 is 22.1. The van der Waals surface area contributed by atoms with Crippen LogP contribution in [0.5, 0.6) is 0 Å². The topological polar surface area (TPSA) is 101 Å². The Hall–Kier alpha value is -0.950. The van der Waals surface area contributed by atoms with Gasteiger partial charge in [-0.05, 0) is 5.56 Å². The molecule has 1 aromatic rings. The van der Waals surface area contributed by atoms with Gasteiger partial charge in [0.15, 0.2) is 15.3 Å². The standard InChI is InChI=1S/C10H15NO4S/c1-16(14,15)10(13)8(11)9(12)7-5-3-2-4-6-7/h2-6,8-10,12-13H,11H2,1H3. The van der Waals surface area contributed by atoms with Crippen molar-refractivity contribution in [3.63, 3.8) is 0 Å². The van der Waals surface area contributed by atoms with Crippen LogP contribution in [0.25, 0.3) is 0 Å². The fraction of sp³-hybridized carbons (Fsp3) is 0.400. The van der Waals surface area contributed by atoms with Crippen LogP contribution >= 0.6 is 0 Å². The molecule has 6 heteroatoms. The quantitative estimate of drug-likeness (QED) is 0.658. The van der Waals surface area contributed by atoms with Gasteiger partial charge in [-0.2, -0.15) is 0 Å². The predicted octanol–water partition coefficient (Wildman–Crippen LogP) is -0.590. The fourth-order valence-corrected chi connectivity index (χ4v) is 2.03. The Kier molecular flexibility index (Phi) is 4.03. The van der Waals surface area contributed by atoms with Crippen molar-refractivity contribution in [1.82, 2.24) is 0 Å². The molecule has 16 heavy (non-hydrogen) atoms. The summed E-state index contributed by atoms with van der Waals surface area (Å²) in [6.07, 6.45) is -0.346. The second-order valence-corrected chi connectivity index (χ2v) is 5.79. The van der Waals surface area contributed by atoms with Crippen molar-refractivity contribution in [2.45, 2.75) is 17.6 Å². The van der Waals surface area contributed by atoms with Crippen molar-refractivity contribution in [1.29, 1.82) is 0 Å². The Labute approximate surface area is 94.4 Å². The first-order chi connectivity index (χ1) is 7.34. The molecule has 0 aromatic heterocycles. The lowest BCUT2D eigenvalue weighted by Crippen LogP contribution is -2.44. The molecule has 4 N–H and O–H groups in total. The molecule has 1 rings (SSSR count). The second-order valence-electron chi connectivity index (χ2n) is 3.65. The van der Waals surface area contributed by atoms with E-state index in [1.807, 2.05) is 0 Å². The highest BCUT2D eigenvalue weighted by Gasteiger charge is 2.31. The lowest BCUT2D eigenvalue weighted by Gasteiger charge is -2.22. The largest absolute Gasteiger partial charge is 0.387 e. The number of sulfone groups is 1. The average Bonchev–Trinajstić information content (AvgIpc) is 2.26. The summed E-state index contributed by atoms with van der Waals surface area (Å²) >= 11 is 0. The monoisotopic (exact) mass is 245 g/mol. The molecule has 0 saturated carbocycles. The highest BCUT2D eigenvalue weighted by atomic mass is 32.2. The highest BCUT2D eigenvalue weighted by Crippen LogP contribution is 2.18. The Balaban J connectivity index is 2.87. The molecule has 0 aliphatic carbocycles. The minimum atomic E-state index is -3.68. The van der Waals surface area contributed by atoms with Crippen LogP contribution in [0.3, 0.4) is 0 Å². The molecule has 90 valence electrons. The Bertz CT molecular complexity index is 431.